The van der Waals surface area contributed by atoms with Gasteiger partial charge in [-0.15, -0.1) is 0 Å². The normalized spacial score (nSPS) is 15.2. The third kappa shape index (κ3) is 4.79. The van der Waals surface area contributed by atoms with E-state index >= 15 is 0 Å². The van der Waals surface area contributed by atoms with Gasteiger partial charge in [-0.05, 0) is 62.2 Å². The number of carbonyl (C=O) groups is 1. The van der Waals surface area contributed by atoms with Gasteiger partial charge in [-0.2, -0.15) is 0 Å². The molecule has 0 amide bonds. The summed E-state index contributed by atoms with van der Waals surface area (Å²) >= 11 is 1.27. The van der Waals surface area contributed by atoms with Crippen LogP contribution in [0.2, 0.25) is 0 Å². The smallest absolute Gasteiger partial charge is 0.338 e. The third-order valence-corrected chi connectivity index (χ3v) is 6.69. The molecule has 1 atom stereocenters. The van der Waals surface area contributed by atoms with E-state index in [0.29, 0.717) is 50.0 Å². The second kappa shape index (κ2) is 10.8. The number of methoxy groups -OCH3 is 2. The largest absolute Gasteiger partial charge is 0.497 e. The SMILES string of the molecule is CCOC(=O)C1=C(C)N=c2s/c(=C/c3cccc(OC)c3)c(=O)n2[C@H]1c1ccc(OC)c(OCC)c1. The summed E-state index contributed by atoms with van der Waals surface area (Å²) in [6, 6.07) is 12.1. The van der Waals surface area contributed by atoms with Crippen molar-refractivity contribution in [2.24, 2.45) is 4.99 Å². The Hall–Kier alpha value is -3.85. The van der Waals surface area contributed by atoms with Crippen molar-refractivity contribution in [3.8, 4) is 17.2 Å². The highest BCUT2D eigenvalue weighted by Crippen LogP contribution is 2.36. The first kappa shape index (κ1) is 25.2. The molecule has 8 nitrogen and oxygen atoms in total. The van der Waals surface area contributed by atoms with Gasteiger partial charge in [0.1, 0.15) is 5.75 Å². The van der Waals surface area contributed by atoms with Crippen molar-refractivity contribution in [3.63, 3.8) is 0 Å². The molecular formula is C27H28N2O6S. The van der Waals surface area contributed by atoms with Gasteiger partial charge in [0.15, 0.2) is 16.3 Å². The van der Waals surface area contributed by atoms with Crippen molar-refractivity contribution in [3.05, 3.63) is 84.5 Å². The van der Waals surface area contributed by atoms with Gasteiger partial charge >= 0.3 is 5.97 Å². The highest BCUT2D eigenvalue weighted by molar-refractivity contribution is 7.07. The molecule has 0 saturated carbocycles. The highest BCUT2D eigenvalue weighted by atomic mass is 32.1. The molecule has 36 heavy (non-hydrogen) atoms. The van der Waals surface area contributed by atoms with Crippen LogP contribution in [0.5, 0.6) is 17.2 Å². The number of hydrogen-bond acceptors (Lipinski definition) is 8. The number of thiazole rings is 1. The first-order valence-electron chi connectivity index (χ1n) is 11.6. The van der Waals surface area contributed by atoms with Crippen LogP contribution in [-0.4, -0.2) is 38.0 Å². The average Bonchev–Trinajstić information content (AvgIpc) is 3.17. The second-order valence-corrected chi connectivity index (χ2v) is 8.93. The van der Waals surface area contributed by atoms with Crippen LogP contribution in [0.1, 0.15) is 37.9 Å². The second-order valence-electron chi connectivity index (χ2n) is 7.92. The minimum atomic E-state index is -0.738. The van der Waals surface area contributed by atoms with Gasteiger partial charge in [0, 0.05) is 0 Å². The molecule has 1 aromatic heterocycles. The Kier molecular flexibility index (Phi) is 7.59. The standard InChI is InChI=1S/C27H28N2O6S/c1-6-34-21-15-18(11-12-20(21)33-5)24-23(26(31)35-7-2)16(3)28-27-29(24)25(30)22(36-27)14-17-9-8-10-19(13-17)32-4/h8-15,24H,6-7H2,1-5H3/b22-14+/t24-/m0/s1. The van der Waals surface area contributed by atoms with E-state index in [4.69, 9.17) is 18.9 Å². The first-order chi connectivity index (χ1) is 17.4. The van der Waals surface area contributed by atoms with Gasteiger partial charge in [-0.3, -0.25) is 9.36 Å². The Bertz CT molecular complexity index is 1500. The van der Waals surface area contributed by atoms with Crippen LogP contribution in [0.4, 0.5) is 0 Å². The minimum absolute atomic E-state index is 0.204. The fraction of sp³-hybridized carbons (Fsp3) is 0.296. The van der Waals surface area contributed by atoms with E-state index in [1.807, 2.05) is 37.3 Å². The zero-order valence-electron chi connectivity index (χ0n) is 20.9. The summed E-state index contributed by atoms with van der Waals surface area (Å²) in [6.07, 6.45) is 1.80. The molecule has 0 bridgehead atoms. The molecule has 0 unspecified atom stereocenters. The van der Waals surface area contributed by atoms with E-state index in [0.717, 1.165) is 5.56 Å². The average molecular weight is 509 g/mol. The summed E-state index contributed by atoms with van der Waals surface area (Å²) in [5.41, 5.74) is 2.06. The van der Waals surface area contributed by atoms with E-state index in [9.17, 15) is 9.59 Å². The summed E-state index contributed by atoms with van der Waals surface area (Å²) in [7, 11) is 3.16. The van der Waals surface area contributed by atoms with Crippen LogP contribution in [-0.2, 0) is 9.53 Å². The fourth-order valence-corrected chi connectivity index (χ4v) is 5.17. The zero-order valence-corrected chi connectivity index (χ0v) is 21.7. The number of hydrogen-bond donors (Lipinski definition) is 0. The number of allylic oxidation sites excluding steroid dienone is 1. The number of rotatable bonds is 8. The zero-order chi connectivity index (χ0) is 25.8. The lowest BCUT2D eigenvalue weighted by Gasteiger charge is -2.25. The highest BCUT2D eigenvalue weighted by Gasteiger charge is 2.34. The monoisotopic (exact) mass is 508 g/mol. The fourth-order valence-electron chi connectivity index (χ4n) is 4.12. The van der Waals surface area contributed by atoms with Crippen LogP contribution in [0.3, 0.4) is 0 Å². The molecule has 1 aliphatic heterocycles. The van der Waals surface area contributed by atoms with Crippen molar-refractivity contribution >= 4 is 23.4 Å². The van der Waals surface area contributed by atoms with E-state index in [1.165, 1.54) is 11.3 Å². The molecule has 0 aliphatic carbocycles. The molecule has 3 aromatic rings. The van der Waals surface area contributed by atoms with Crippen molar-refractivity contribution in [1.82, 2.24) is 4.57 Å². The lowest BCUT2D eigenvalue weighted by molar-refractivity contribution is -0.139. The number of benzene rings is 2. The van der Waals surface area contributed by atoms with Crippen molar-refractivity contribution in [2.75, 3.05) is 27.4 Å². The van der Waals surface area contributed by atoms with E-state index < -0.39 is 12.0 Å². The topological polar surface area (TPSA) is 88.4 Å². The summed E-state index contributed by atoms with van der Waals surface area (Å²) in [5.74, 6) is 1.26. The quantitative estimate of drug-likeness (QED) is 0.434. The number of esters is 1. The predicted octanol–water partition coefficient (Wildman–Crippen LogP) is 3.21. The van der Waals surface area contributed by atoms with Gasteiger partial charge in [0.2, 0.25) is 0 Å². The number of nitrogens with zero attached hydrogens (tertiary/aromatic N) is 2. The summed E-state index contributed by atoms with van der Waals surface area (Å²) < 4.78 is 23.9. The number of fused-ring (bicyclic) bond motifs is 1. The third-order valence-electron chi connectivity index (χ3n) is 5.71. The molecule has 9 heteroatoms. The van der Waals surface area contributed by atoms with Crippen LogP contribution < -0.4 is 29.1 Å². The van der Waals surface area contributed by atoms with E-state index in [2.05, 4.69) is 4.99 Å². The molecule has 188 valence electrons. The van der Waals surface area contributed by atoms with Gasteiger partial charge in [-0.25, -0.2) is 9.79 Å². The van der Waals surface area contributed by atoms with Gasteiger partial charge in [-0.1, -0.05) is 29.5 Å². The maximum atomic E-state index is 13.7. The molecule has 0 spiro atoms. The maximum Gasteiger partial charge on any atom is 0.338 e. The van der Waals surface area contributed by atoms with Gasteiger partial charge < -0.3 is 18.9 Å². The molecule has 1 aliphatic rings. The lowest BCUT2D eigenvalue weighted by atomic mass is 9.95. The molecule has 0 N–H and O–H groups in total. The van der Waals surface area contributed by atoms with Crippen molar-refractivity contribution in [1.29, 1.82) is 0 Å². The van der Waals surface area contributed by atoms with Crippen LogP contribution in [0.15, 0.2) is 63.5 Å². The summed E-state index contributed by atoms with van der Waals surface area (Å²) in [4.78, 5) is 31.9. The van der Waals surface area contributed by atoms with Crippen molar-refractivity contribution in [2.45, 2.75) is 26.8 Å². The van der Waals surface area contributed by atoms with E-state index in [-0.39, 0.29) is 12.2 Å². The summed E-state index contributed by atoms with van der Waals surface area (Å²) in [5, 5.41) is 0. The Morgan fingerprint density at radius 1 is 1.08 bits per heavy atom. The molecule has 0 radical (unpaired) electrons. The Morgan fingerprint density at radius 3 is 2.58 bits per heavy atom. The number of ether oxygens (including phenoxy) is 4. The lowest BCUT2D eigenvalue weighted by Crippen LogP contribution is -2.40. The van der Waals surface area contributed by atoms with E-state index in [1.54, 1.807) is 50.8 Å². The molecule has 2 heterocycles. The first-order valence-corrected chi connectivity index (χ1v) is 12.4. The van der Waals surface area contributed by atoms with Crippen LogP contribution in [0.25, 0.3) is 6.08 Å². The Balaban J connectivity index is 1.95. The predicted molar refractivity (Wildman–Crippen MR) is 138 cm³/mol. The number of aromatic nitrogens is 1. The molecule has 4 rings (SSSR count). The van der Waals surface area contributed by atoms with Crippen LogP contribution in [0, 0.1) is 0 Å². The molecule has 0 saturated heterocycles. The molecule has 2 aromatic carbocycles. The molecule has 0 fully saturated rings. The maximum absolute atomic E-state index is 13.7. The van der Waals surface area contributed by atoms with Gasteiger partial charge in [0.25, 0.3) is 5.56 Å². The summed E-state index contributed by atoms with van der Waals surface area (Å²) in [6.45, 7) is 6.01. The minimum Gasteiger partial charge on any atom is -0.497 e. The Morgan fingerprint density at radius 2 is 1.89 bits per heavy atom. The molecular weight excluding hydrogens is 480 g/mol. The van der Waals surface area contributed by atoms with Gasteiger partial charge in [0.05, 0.1) is 49.3 Å². The number of carbonyl (C=O) groups excluding carboxylic acids is 1. The van der Waals surface area contributed by atoms with Crippen molar-refractivity contribution < 1.29 is 23.7 Å². The Labute approximate surface area is 212 Å². The van der Waals surface area contributed by atoms with Crippen LogP contribution >= 0.6 is 11.3 Å².